The van der Waals surface area contributed by atoms with Gasteiger partial charge in [0.2, 0.25) is 0 Å². The van der Waals surface area contributed by atoms with Crippen LogP contribution in [-0.2, 0) is 16.1 Å². The van der Waals surface area contributed by atoms with Crippen molar-refractivity contribution in [3.05, 3.63) is 107 Å². The molecule has 0 radical (unpaired) electrons. The number of likely N-dealkylation sites (tertiary alicyclic amines) is 1. The molecule has 4 rings (SSSR count). The average Bonchev–Trinajstić information content (AvgIpc) is 3.40. The first-order chi connectivity index (χ1) is 15.5. The van der Waals surface area contributed by atoms with Crippen LogP contribution in [0.1, 0.15) is 22.9 Å². The van der Waals surface area contributed by atoms with Crippen molar-refractivity contribution in [2.45, 2.75) is 12.6 Å². The SMILES string of the molecule is C=CCOc1ccc(C(O)=C2C(=O)C(=O)N(Cc3ccco3)C2c2cccc(Cl)c2)cc1. The van der Waals surface area contributed by atoms with Gasteiger partial charge in [-0.1, -0.05) is 36.4 Å². The Hall–Kier alpha value is -3.77. The third kappa shape index (κ3) is 4.18. The van der Waals surface area contributed by atoms with E-state index in [1.54, 1.807) is 66.7 Å². The molecule has 0 bridgehead atoms. The highest BCUT2D eigenvalue weighted by molar-refractivity contribution is 6.46. The summed E-state index contributed by atoms with van der Waals surface area (Å²) in [5.41, 5.74) is 0.985. The molecule has 1 saturated heterocycles. The van der Waals surface area contributed by atoms with Gasteiger partial charge in [0.1, 0.15) is 23.9 Å². The number of carbonyl (C=O) groups excluding carboxylic acids is 2. The number of rotatable bonds is 7. The summed E-state index contributed by atoms with van der Waals surface area (Å²) < 4.78 is 10.8. The summed E-state index contributed by atoms with van der Waals surface area (Å²) in [6, 6.07) is 16.1. The number of carbonyl (C=O) groups is 2. The first-order valence-electron chi connectivity index (χ1n) is 9.90. The van der Waals surface area contributed by atoms with Gasteiger partial charge in [-0.2, -0.15) is 0 Å². The quantitative estimate of drug-likeness (QED) is 0.234. The number of benzene rings is 2. The van der Waals surface area contributed by atoms with Crippen molar-refractivity contribution < 1.29 is 23.8 Å². The zero-order valence-corrected chi connectivity index (χ0v) is 17.8. The fourth-order valence-corrected chi connectivity index (χ4v) is 3.86. The molecule has 162 valence electrons. The Morgan fingerprint density at radius 2 is 1.94 bits per heavy atom. The fourth-order valence-electron chi connectivity index (χ4n) is 3.66. The predicted molar refractivity (Wildman–Crippen MR) is 120 cm³/mol. The maximum Gasteiger partial charge on any atom is 0.296 e. The number of ether oxygens (including phenoxy) is 1. The second kappa shape index (κ2) is 9.16. The number of halogens is 1. The lowest BCUT2D eigenvalue weighted by atomic mass is 9.95. The van der Waals surface area contributed by atoms with Crippen LogP contribution in [0.15, 0.2) is 89.6 Å². The molecule has 2 aromatic carbocycles. The number of Topliss-reactive ketones (excluding diaryl/α,β-unsaturated/α-hetero) is 1. The molecule has 6 nitrogen and oxygen atoms in total. The van der Waals surface area contributed by atoms with Crippen LogP contribution in [-0.4, -0.2) is 28.3 Å². The molecular formula is C25H20ClNO5. The third-order valence-corrected chi connectivity index (χ3v) is 5.34. The molecule has 1 N–H and O–H groups in total. The summed E-state index contributed by atoms with van der Waals surface area (Å²) in [6.07, 6.45) is 3.12. The molecule has 2 heterocycles. The summed E-state index contributed by atoms with van der Waals surface area (Å²) in [5, 5.41) is 11.5. The van der Waals surface area contributed by atoms with Gasteiger partial charge in [-0.3, -0.25) is 9.59 Å². The summed E-state index contributed by atoms with van der Waals surface area (Å²) in [5.74, 6) is -0.663. The molecule has 0 saturated carbocycles. The van der Waals surface area contributed by atoms with Gasteiger partial charge in [0, 0.05) is 10.6 Å². The zero-order valence-electron chi connectivity index (χ0n) is 17.0. The van der Waals surface area contributed by atoms with Gasteiger partial charge in [-0.05, 0) is 54.1 Å². The van der Waals surface area contributed by atoms with Gasteiger partial charge in [0.25, 0.3) is 11.7 Å². The second-order valence-corrected chi connectivity index (χ2v) is 7.62. The van der Waals surface area contributed by atoms with E-state index in [-0.39, 0.29) is 17.9 Å². The molecular weight excluding hydrogens is 430 g/mol. The van der Waals surface area contributed by atoms with Gasteiger partial charge in [-0.15, -0.1) is 0 Å². The van der Waals surface area contributed by atoms with Crippen molar-refractivity contribution in [1.29, 1.82) is 0 Å². The van der Waals surface area contributed by atoms with Crippen LogP contribution in [0.5, 0.6) is 5.75 Å². The number of aliphatic hydroxyl groups excluding tert-OH is 1. The molecule has 1 aliphatic rings. The van der Waals surface area contributed by atoms with Crippen molar-refractivity contribution in [3.63, 3.8) is 0 Å². The molecule has 0 spiro atoms. The second-order valence-electron chi connectivity index (χ2n) is 7.19. The van der Waals surface area contributed by atoms with E-state index >= 15 is 0 Å². The van der Waals surface area contributed by atoms with Gasteiger partial charge in [0.05, 0.1) is 24.4 Å². The fraction of sp³-hybridized carbons (Fsp3) is 0.120. The van der Waals surface area contributed by atoms with Crippen LogP contribution in [0, 0.1) is 0 Å². The Kier molecular flexibility index (Phi) is 6.14. The van der Waals surface area contributed by atoms with Gasteiger partial charge in [-0.25, -0.2) is 0 Å². The van der Waals surface area contributed by atoms with Crippen molar-refractivity contribution >= 4 is 29.1 Å². The van der Waals surface area contributed by atoms with Crippen LogP contribution >= 0.6 is 11.6 Å². The van der Waals surface area contributed by atoms with E-state index in [1.165, 1.54) is 11.2 Å². The standard InChI is InChI=1S/C25H20ClNO5/c1-2-12-31-19-10-8-16(9-11-19)23(28)21-22(17-5-3-6-18(26)14-17)27(25(30)24(21)29)15-20-7-4-13-32-20/h2-11,13-14,22,28H,1,12,15H2. The van der Waals surface area contributed by atoms with Crippen LogP contribution in [0.25, 0.3) is 5.76 Å². The van der Waals surface area contributed by atoms with Crippen molar-refractivity contribution in [1.82, 2.24) is 4.90 Å². The summed E-state index contributed by atoms with van der Waals surface area (Å²) >= 11 is 6.18. The molecule has 1 amide bonds. The zero-order chi connectivity index (χ0) is 22.7. The van der Waals surface area contributed by atoms with Gasteiger partial charge < -0.3 is 19.2 Å². The van der Waals surface area contributed by atoms with Crippen LogP contribution in [0.2, 0.25) is 5.02 Å². The first-order valence-corrected chi connectivity index (χ1v) is 10.3. The van der Waals surface area contributed by atoms with E-state index in [4.69, 9.17) is 20.8 Å². The highest BCUT2D eigenvalue weighted by Gasteiger charge is 2.46. The molecule has 7 heteroatoms. The summed E-state index contributed by atoms with van der Waals surface area (Å²) in [4.78, 5) is 27.3. The Morgan fingerprint density at radius 1 is 1.16 bits per heavy atom. The van der Waals surface area contributed by atoms with E-state index < -0.39 is 17.7 Å². The number of furan rings is 1. The molecule has 1 atom stereocenters. The smallest absolute Gasteiger partial charge is 0.296 e. The predicted octanol–water partition coefficient (Wildman–Crippen LogP) is 5.12. The third-order valence-electron chi connectivity index (χ3n) is 5.11. The van der Waals surface area contributed by atoms with E-state index in [1.807, 2.05) is 0 Å². The lowest BCUT2D eigenvalue weighted by molar-refractivity contribution is -0.140. The first kappa shape index (κ1) is 21.5. The Morgan fingerprint density at radius 3 is 2.59 bits per heavy atom. The van der Waals surface area contributed by atoms with Crippen LogP contribution in [0.3, 0.4) is 0 Å². The monoisotopic (exact) mass is 449 g/mol. The minimum Gasteiger partial charge on any atom is -0.507 e. The minimum absolute atomic E-state index is 0.0106. The number of amides is 1. The van der Waals surface area contributed by atoms with E-state index in [0.29, 0.717) is 34.3 Å². The number of hydrogen-bond donors (Lipinski definition) is 1. The average molecular weight is 450 g/mol. The number of nitrogens with zero attached hydrogens (tertiary/aromatic N) is 1. The molecule has 32 heavy (non-hydrogen) atoms. The van der Waals surface area contributed by atoms with E-state index in [9.17, 15) is 14.7 Å². The molecule has 1 aliphatic heterocycles. The van der Waals surface area contributed by atoms with Crippen molar-refractivity contribution in [2.75, 3.05) is 6.61 Å². The maximum atomic E-state index is 13.0. The van der Waals surface area contributed by atoms with Gasteiger partial charge in [0.15, 0.2) is 0 Å². The van der Waals surface area contributed by atoms with Crippen LogP contribution in [0.4, 0.5) is 0 Å². The molecule has 1 unspecified atom stereocenters. The topological polar surface area (TPSA) is 80.0 Å². The largest absolute Gasteiger partial charge is 0.507 e. The van der Waals surface area contributed by atoms with Gasteiger partial charge >= 0.3 is 0 Å². The minimum atomic E-state index is -0.824. The Bertz CT molecular complexity index is 1180. The van der Waals surface area contributed by atoms with Crippen LogP contribution < -0.4 is 4.74 Å². The normalized spacial score (nSPS) is 17.5. The molecule has 0 aliphatic carbocycles. The van der Waals surface area contributed by atoms with Crippen molar-refractivity contribution in [3.8, 4) is 5.75 Å². The lowest BCUT2D eigenvalue weighted by Gasteiger charge is -2.24. The Balaban J connectivity index is 1.79. The molecule has 1 fully saturated rings. The number of aliphatic hydroxyl groups is 1. The highest BCUT2D eigenvalue weighted by atomic mass is 35.5. The van der Waals surface area contributed by atoms with E-state index in [0.717, 1.165) is 0 Å². The molecule has 1 aromatic heterocycles. The highest BCUT2D eigenvalue weighted by Crippen LogP contribution is 2.41. The summed E-state index contributed by atoms with van der Waals surface area (Å²) in [6.45, 7) is 4.02. The lowest BCUT2D eigenvalue weighted by Crippen LogP contribution is -2.29. The van der Waals surface area contributed by atoms with Crippen molar-refractivity contribution in [2.24, 2.45) is 0 Å². The maximum absolute atomic E-state index is 13.0. The number of ketones is 1. The number of hydrogen-bond acceptors (Lipinski definition) is 5. The Labute approximate surface area is 190 Å². The van der Waals surface area contributed by atoms with E-state index in [2.05, 4.69) is 6.58 Å². The molecule has 3 aromatic rings. The summed E-state index contributed by atoms with van der Waals surface area (Å²) in [7, 11) is 0.